The van der Waals surface area contributed by atoms with Crippen LogP contribution in [-0.4, -0.2) is 50.3 Å². The number of benzene rings is 1. The van der Waals surface area contributed by atoms with Gasteiger partial charge in [-0.3, -0.25) is 4.79 Å². The molecule has 1 aliphatic heterocycles. The van der Waals surface area contributed by atoms with Crippen LogP contribution in [0.15, 0.2) is 36.8 Å². The predicted octanol–water partition coefficient (Wildman–Crippen LogP) is 3.28. The molecule has 28 heavy (non-hydrogen) atoms. The zero-order chi connectivity index (χ0) is 20.7. The van der Waals surface area contributed by atoms with Gasteiger partial charge in [-0.1, -0.05) is 6.92 Å². The first-order valence-electron chi connectivity index (χ1n) is 8.89. The molecule has 1 unspecified atom stereocenters. The highest BCUT2D eigenvalue weighted by molar-refractivity contribution is 5.85. The number of carbonyl (C=O) groups excluding carboxylic acids is 1. The quantitative estimate of drug-likeness (QED) is 0.806. The molecule has 1 amide bonds. The molecular weight excluding hydrogens is 378 g/mol. The lowest BCUT2D eigenvalue weighted by Crippen LogP contribution is -2.58. The minimum Gasteiger partial charge on any atom is -0.373 e. The van der Waals surface area contributed by atoms with Crippen LogP contribution in [0, 0.1) is 11.7 Å². The maximum absolute atomic E-state index is 13.2. The van der Waals surface area contributed by atoms with E-state index in [-0.39, 0.29) is 30.7 Å². The van der Waals surface area contributed by atoms with E-state index in [1.54, 1.807) is 24.7 Å². The minimum absolute atomic E-state index is 0.0487. The molecule has 9 heteroatoms. The highest BCUT2D eigenvalue weighted by Gasteiger charge is 2.57. The molecule has 1 aromatic carbocycles. The molecule has 2 heterocycles. The zero-order valence-corrected chi connectivity index (χ0v) is 15.4. The van der Waals surface area contributed by atoms with Gasteiger partial charge in [0.05, 0.1) is 6.33 Å². The Kier molecular flexibility index (Phi) is 5.22. The topological polar surface area (TPSA) is 58.4 Å². The third kappa shape index (κ3) is 3.63. The summed E-state index contributed by atoms with van der Waals surface area (Å²) in [6.07, 6.45) is -1.34. The maximum Gasteiger partial charge on any atom is 0.426 e. The van der Waals surface area contributed by atoms with Gasteiger partial charge in [-0.25, -0.2) is 9.37 Å². The SMILES string of the molecule is CC1CN(C(=O)[C@@](C)(O)C(F)(F)F)CC[C@@H]1c1cncn1-c1ccc(F)cc1. The van der Waals surface area contributed by atoms with Gasteiger partial charge in [-0.05, 0) is 43.5 Å². The van der Waals surface area contributed by atoms with Crippen LogP contribution in [-0.2, 0) is 4.79 Å². The largest absolute Gasteiger partial charge is 0.426 e. The van der Waals surface area contributed by atoms with Crippen molar-refractivity contribution in [2.24, 2.45) is 5.92 Å². The predicted molar refractivity (Wildman–Crippen MR) is 93.3 cm³/mol. The number of likely N-dealkylation sites (tertiary alicyclic amines) is 1. The van der Waals surface area contributed by atoms with Crippen LogP contribution in [0.25, 0.3) is 5.69 Å². The molecular formula is C19H21F4N3O2. The number of carbonyl (C=O) groups is 1. The maximum atomic E-state index is 13.2. The van der Waals surface area contributed by atoms with E-state index >= 15 is 0 Å². The molecule has 0 bridgehead atoms. The highest BCUT2D eigenvalue weighted by atomic mass is 19.4. The van der Waals surface area contributed by atoms with Gasteiger partial charge in [-0.2, -0.15) is 13.2 Å². The Balaban J connectivity index is 1.78. The molecule has 5 nitrogen and oxygen atoms in total. The second-order valence-electron chi connectivity index (χ2n) is 7.36. The molecule has 1 aliphatic rings. The van der Waals surface area contributed by atoms with Crippen LogP contribution in [0.5, 0.6) is 0 Å². The summed E-state index contributed by atoms with van der Waals surface area (Å²) in [7, 11) is 0. The van der Waals surface area contributed by atoms with E-state index in [4.69, 9.17) is 0 Å². The molecule has 1 N–H and O–H groups in total. The van der Waals surface area contributed by atoms with Crippen molar-refractivity contribution >= 4 is 5.91 Å². The zero-order valence-electron chi connectivity index (χ0n) is 15.4. The lowest BCUT2D eigenvalue weighted by molar-refractivity contribution is -0.250. The summed E-state index contributed by atoms with van der Waals surface area (Å²) in [5.41, 5.74) is -1.84. The number of rotatable bonds is 3. The molecule has 2 aromatic rings. The van der Waals surface area contributed by atoms with Crippen molar-refractivity contribution in [3.63, 3.8) is 0 Å². The average molecular weight is 399 g/mol. The van der Waals surface area contributed by atoms with Crippen LogP contribution in [0.4, 0.5) is 17.6 Å². The van der Waals surface area contributed by atoms with Crippen LogP contribution in [0.1, 0.15) is 31.9 Å². The molecule has 0 spiro atoms. The van der Waals surface area contributed by atoms with Crippen molar-refractivity contribution < 1.29 is 27.5 Å². The smallest absolute Gasteiger partial charge is 0.373 e. The number of hydrogen-bond acceptors (Lipinski definition) is 3. The van der Waals surface area contributed by atoms with Crippen LogP contribution < -0.4 is 0 Å². The molecule has 3 rings (SSSR count). The second kappa shape index (κ2) is 7.20. The number of nitrogens with zero attached hydrogens (tertiary/aromatic N) is 3. The summed E-state index contributed by atoms with van der Waals surface area (Å²) < 4.78 is 53.9. The van der Waals surface area contributed by atoms with Crippen molar-refractivity contribution in [3.05, 3.63) is 48.3 Å². The fraction of sp³-hybridized carbons (Fsp3) is 0.474. The number of piperidine rings is 1. The number of alkyl halides is 3. The highest BCUT2D eigenvalue weighted by Crippen LogP contribution is 2.37. The number of amides is 1. The van der Waals surface area contributed by atoms with Crippen molar-refractivity contribution in [2.45, 2.75) is 38.0 Å². The summed E-state index contributed by atoms with van der Waals surface area (Å²) in [5, 5.41) is 9.66. The van der Waals surface area contributed by atoms with Gasteiger partial charge < -0.3 is 14.6 Å². The van der Waals surface area contributed by atoms with Crippen molar-refractivity contribution in [2.75, 3.05) is 13.1 Å². The summed E-state index contributed by atoms with van der Waals surface area (Å²) >= 11 is 0. The number of aliphatic hydroxyl groups is 1. The lowest BCUT2D eigenvalue weighted by atomic mass is 9.83. The average Bonchev–Trinajstić information content (AvgIpc) is 3.10. The van der Waals surface area contributed by atoms with E-state index in [1.165, 1.54) is 12.1 Å². The molecule has 3 atom stereocenters. The lowest BCUT2D eigenvalue weighted by Gasteiger charge is -2.40. The van der Waals surface area contributed by atoms with Crippen molar-refractivity contribution in [1.82, 2.24) is 14.5 Å². The fourth-order valence-electron chi connectivity index (χ4n) is 3.60. The molecule has 1 saturated heterocycles. The van der Waals surface area contributed by atoms with E-state index in [0.717, 1.165) is 16.3 Å². The van der Waals surface area contributed by atoms with E-state index in [9.17, 15) is 27.5 Å². The van der Waals surface area contributed by atoms with Crippen molar-refractivity contribution in [3.8, 4) is 5.69 Å². The Morgan fingerprint density at radius 3 is 2.46 bits per heavy atom. The summed E-state index contributed by atoms with van der Waals surface area (Å²) in [4.78, 5) is 17.4. The van der Waals surface area contributed by atoms with Gasteiger partial charge in [0.1, 0.15) is 5.82 Å². The van der Waals surface area contributed by atoms with Crippen molar-refractivity contribution in [1.29, 1.82) is 0 Å². The van der Waals surface area contributed by atoms with Gasteiger partial charge in [-0.15, -0.1) is 0 Å². The number of aromatic nitrogens is 2. The normalized spacial score (nSPS) is 22.8. The molecule has 0 saturated carbocycles. The first-order chi connectivity index (χ1) is 13.0. The van der Waals surface area contributed by atoms with E-state index < -0.39 is 17.7 Å². The van der Waals surface area contributed by atoms with Crippen LogP contribution >= 0.6 is 0 Å². The number of imidazole rings is 1. The fourth-order valence-corrected chi connectivity index (χ4v) is 3.60. The van der Waals surface area contributed by atoms with Gasteiger partial charge in [0.25, 0.3) is 5.91 Å². The molecule has 152 valence electrons. The minimum atomic E-state index is -5.04. The number of halogens is 4. The molecule has 0 radical (unpaired) electrons. The van der Waals surface area contributed by atoms with Gasteiger partial charge in [0.15, 0.2) is 0 Å². The van der Waals surface area contributed by atoms with E-state index in [0.29, 0.717) is 13.3 Å². The number of hydrogen-bond donors (Lipinski definition) is 1. The Labute approximate surface area is 159 Å². The summed E-state index contributed by atoms with van der Waals surface area (Å²) in [6, 6.07) is 5.90. The Morgan fingerprint density at radius 1 is 1.25 bits per heavy atom. The molecule has 0 aliphatic carbocycles. The monoisotopic (exact) mass is 399 g/mol. The third-order valence-electron chi connectivity index (χ3n) is 5.31. The van der Waals surface area contributed by atoms with Gasteiger partial charge in [0.2, 0.25) is 5.60 Å². The van der Waals surface area contributed by atoms with Crippen LogP contribution in [0.2, 0.25) is 0 Å². The van der Waals surface area contributed by atoms with Crippen LogP contribution in [0.3, 0.4) is 0 Å². The standard InChI is InChI=1S/C19H21F4N3O2/c1-12-10-25(17(27)18(2,28)19(21,22)23)8-7-15(12)16-9-24-11-26(16)14-5-3-13(20)4-6-14/h3-6,9,11-12,15,28H,7-8,10H2,1-2H3/t12?,15-,18+/m0/s1. The Morgan fingerprint density at radius 2 is 1.89 bits per heavy atom. The second-order valence-corrected chi connectivity index (χ2v) is 7.36. The van der Waals surface area contributed by atoms with E-state index in [2.05, 4.69) is 4.98 Å². The molecule has 1 fully saturated rings. The molecule has 1 aromatic heterocycles. The summed E-state index contributed by atoms with van der Waals surface area (Å²) in [6.45, 7) is 2.50. The van der Waals surface area contributed by atoms with Gasteiger partial charge >= 0.3 is 6.18 Å². The summed E-state index contributed by atoms with van der Waals surface area (Å²) in [5.74, 6) is -1.90. The first-order valence-corrected chi connectivity index (χ1v) is 8.89. The Bertz CT molecular complexity index is 846. The van der Waals surface area contributed by atoms with E-state index in [1.807, 2.05) is 11.5 Å². The first kappa shape index (κ1) is 20.3. The third-order valence-corrected chi connectivity index (χ3v) is 5.31. The Hall–Kier alpha value is -2.42. The van der Waals surface area contributed by atoms with Gasteiger partial charge in [0, 0.05) is 36.6 Å².